The lowest BCUT2D eigenvalue weighted by Gasteiger charge is -2.31. The molecule has 2 amide bonds. The largest absolute Gasteiger partial charge is 0.495 e. The maximum absolute atomic E-state index is 13.0. The number of primary amides is 1. The van der Waals surface area contributed by atoms with Gasteiger partial charge in [-0.15, -0.1) is 0 Å². The molecule has 0 radical (unpaired) electrons. The first-order valence-corrected chi connectivity index (χ1v) is 14.6. The van der Waals surface area contributed by atoms with Gasteiger partial charge in [-0.2, -0.15) is 5.10 Å². The predicted octanol–water partition coefficient (Wildman–Crippen LogP) is 3.73. The molecule has 0 spiro atoms. The molecule has 0 atom stereocenters. The predicted molar refractivity (Wildman–Crippen MR) is 164 cm³/mol. The normalized spacial score (nSPS) is 15.0. The van der Waals surface area contributed by atoms with E-state index in [1.807, 2.05) is 47.1 Å². The molecule has 4 N–H and O–H groups in total. The van der Waals surface area contributed by atoms with Gasteiger partial charge in [0, 0.05) is 54.1 Å². The van der Waals surface area contributed by atoms with Crippen molar-refractivity contribution in [1.29, 1.82) is 0 Å². The van der Waals surface area contributed by atoms with Crippen LogP contribution < -0.4 is 21.1 Å². The minimum absolute atomic E-state index is 0.0253. The van der Waals surface area contributed by atoms with Gasteiger partial charge in [-0.25, -0.2) is 9.97 Å². The molecule has 2 aromatic carbocycles. The van der Waals surface area contributed by atoms with Gasteiger partial charge >= 0.3 is 0 Å². The van der Waals surface area contributed by atoms with E-state index in [0.717, 1.165) is 59.5 Å². The van der Waals surface area contributed by atoms with Crippen molar-refractivity contribution in [2.75, 3.05) is 32.1 Å². The number of nitrogens with two attached hydrogens (primary N) is 1. The highest BCUT2D eigenvalue weighted by Crippen LogP contribution is 2.41. The van der Waals surface area contributed by atoms with Crippen molar-refractivity contribution in [3.05, 3.63) is 70.5 Å². The van der Waals surface area contributed by atoms with Crippen molar-refractivity contribution < 1.29 is 14.3 Å². The summed E-state index contributed by atoms with van der Waals surface area (Å²) in [5.41, 5.74) is 12.0. The molecule has 2 aliphatic rings. The van der Waals surface area contributed by atoms with Crippen LogP contribution in [-0.4, -0.2) is 69.2 Å². The van der Waals surface area contributed by atoms with Crippen molar-refractivity contribution in [3.63, 3.8) is 0 Å². The first-order valence-electron chi connectivity index (χ1n) is 14.2. The molecule has 0 saturated carbocycles. The minimum Gasteiger partial charge on any atom is -0.495 e. The molecule has 4 aromatic rings. The highest BCUT2D eigenvalue weighted by Gasteiger charge is 2.28. The van der Waals surface area contributed by atoms with E-state index in [0.29, 0.717) is 41.1 Å². The lowest BCUT2D eigenvalue weighted by molar-refractivity contribution is -0.119. The van der Waals surface area contributed by atoms with E-state index >= 15 is 0 Å². The molecule has 1 aliphatic carbocycles. The SMILES string of the molecule is COc1cc(C(=O)NC2CCN(CC(N)=O)CC2)ccc1Nc1ncc2c(n1)-c1c(nn(C)c1-c1ccccc1Cl)CC2. The monoisotopic (exact) mass is 600 g/mol. The Bertz CT molecular complexity index is 1700. The number of piperidine rings is 1. The maximum Gasteiger partial charge on any atom is 0.251 e. The Labute approximate surface area is 254 Å². The molecule has 3 heterocycles. The average Bonchev–Trinajstić information content (AvgIpc) is 3.34. The second-order valence-corrected chi connectivity index (χ2v) is 11.3. The van der Waals surface area contributed by atoms with E-state index in [4.69, 9.17) is 32.2 Å². The van der Waals surface area contributed by atoms with Crippen LogP contribution in [0.1, 0.15) is 34.5 Å². The number of nitrogens with one attached hydrogen (secondary N) is 2. The second kappa shape index (κ2) is 12.0. The first kappa shape index (κ1) is 28.6. The minimum atomic E-state index is -0.340. The lowest BCUT2D eigenvalue weighted by Crippen LogP contribution is -2.46. The van der Waals surface area contributed by atoms with Crippen LogP contribution in [-0.2, 0) is 24.7 Å². The summed E-state index contributed by atoms with van der Waals surface area (Å²) in [7, 11) is 3.48. The van der Waals surface area contributed by atoms with Crippen LogP contribution in [0.5, 0.6) is 5.75 Å². The summed E-state index contributed by atoms with van der Waals surface area (Å²) in [6, 6.07) is 13.0. The van der Waals surface area contributed by atoms with Gasteiger partial charge in [0.15, 0.2) is 0 Å². The molecule has 6 rings (SSSR count). The number of anilines is 2. The number of fused-ring (bicyclic) bond motifs is 3. The van der Waals surface area contributed by atoms with E-state index in [1.54, 1.807) is 25.3 Å². The fraction of sp³-hybridized carbons (Fsp3) is 0.323. The number of ether oxygens (including phenoxy) is 1. The zero-order chi connectivity index (χ0) is 30.1. The van der Waals surface area contributed by atoms with Crippen LogP contribution >= 0.6 is 11.6 Å². The fourth-order valence-electron chi connectivity index (χ4n) is 5.87. The Morgan fingerprint density at radius 3 is 2.67 bits per heavy atom. The van der Waals surface area contributed by atoms with Crippen LogP contribution in [0.15, 0.2) is 48.7 Å². The summed E-state index contributed by atoms with van der Waals surface area (Å²) < 4.78 is 7.50. The molecule has 0 unspecified atom stereocenters. The topological polar surface area (TPSA) is 140 Å². The third-order valence-corrected chi connectivity index (χ3v) is 8.32. The van der Waals surface area contributed by atoms with Gasteiger partial charge in [-0.3, -0.25) is 19.2 Å². The molecule has 0 bridgehead atoms. The van der Waals surface area contributed by atoms with Crippen LogP contribution in [0.2, 0.25) is 5.02 Å². The number of halogens is 1. The molecule has 43 heavy (non-hydrogen) atoms. The first-order chi connectivity index (χ1) is 20.8. The van der Waals surface area contributed by atoms with Crippen LogP contribution in [0.25, 0.3) is 22.5 Å². The van der Waals surface area contributed by atoms with Gasteiger partial charge in [0.2, 0.25) is 11.9 Å². The van der Waals surface area contributed by atoms with Gasteiger partial charge < -0.3 is 21.1 Å². The highest BCUT2D eigenvalue weighted by atomic mass is 35.5. The number of aromatic nitrogens is 4. The van der Waals surface area contributed by atoms with E-state index in [-0.39, 0.29) is 24.4 Å². The second-order valence-electron chi connectivity index (χ2n) is 10.9. The lowest BCUT2D eigenvalue weighted by atomic mass is 9.91. The average molecular weight is 601 g/mol. The zero-order valence-electron chi connectivity index (χ0n) is 24.1. The number of hydrogen-bond donors (Lipinski definition) is 3. The summed E-state index contributed by atoms with van der Waals surface area (Å²) in [6.45, 7) is 1.66. The van der Waals surface area contributed by atoms with Crippen LogP contribution in [0.3, 0.4) is 0 Å². The van der Waals surface area contributed by atoms with Crippen LogP contribution in [0, 0.1) is 0 Å². The molecule has 1 aliphatic heterocycles. The molecule has 222 valence electrons. The van der Waals surface area contributed by atoms with E-state index in [1.165, 1.54) is 0 Å². The van der Waals surface area contributed by atoms with Crippen molar-refractivity contribution >= 4 is 35.1 Å². The Morgan fingerprint density at radius 1 is 1.14 bits per heavy atom. The quantitative estimate of drug-likeness (QED) is 0.278. The third-order valence-electron chi connectivity index (χ3n) is 7.99. The van der Waals surface area contributed by atoms with Gasteiger partial charge in [0.1, 0.15) is 5.75 Å². The summed E-state index contributed by atoms with van der Waals surface area (Å²) in [4.78, 5) is 35.7. The Balaban J connectivity index is 1.21. The van der Waals surface area contributed by atoms with Crippen molar-refractivity contribution in [2.24, 2.45) is 12.8 Å². The molecule has 1 saturated heterocycles. The summed E-state index contributed by atoms with van der Waals surface area (Å²) >= 11 is 6.60. The number of hydrogen-bond acceptors (Lipinski definition) is 8. The van der Waals surface area contributed by atoms with Gasteiger partial charge in [-0.1, -0.05) is 29.8 Å². The standard InChI is InChI=1S/C31H33ClN8O3/c1-39-29(21-5-3-4-6-22(21)32)27-24(38-39)10-8-19-16-34-31(37-28(19)27)36-23-9-7-18(15-25(23)43-2)30(42)35-20-11-13-40(14-12-20)17-26(33)41/h3-7,9,15-16,20H,8,10-14,17H2,1-2H3,(H2,33,41)(H,35,42)(H,34,36,37). The highest BCUT2D eigenvalue weighted by molar-refractivity contribution is 6.33. The number of nitrogens with zero attached hydrogens (tertiary/aromatic N) is 5. The molecule has 12 heteroatoms. The number of carbonyl (C=O) groups excluding carboxylic acids is 2. The summed E-state index contributed by atoms with van der Waals surface area (Å²) in [5, 5.41) is 11.8. The maximum atomic E-state index is 13.0. The van der Waals surface area contributed by atoms with Crippen LogP contribution in [0.4, 0.5) is 11.6 Å². The van der Waals surface area contributed by atoms with E-state index in [2.05, 4.69) is 15.6 Å². The van der Waals surface area contributed by atoms with Crippen molar-refractivity contribution in [2.45, 2.75) is 31.7 Å². The number of aryl methyl sites for hydroxylation is 3. The Kier molecular flexibility index (Phi) is 8.00. The van der Waals surface area contributed by atoms with Gasteiger partial charge in [0.05, 0.1) is 36.4 Å². The Hall–Kier alpha value is -4.48. The number of benzene rings is 2. The molecule has 11 nitrogen and oxygen atoms in total. The number of rotatable bonds is 8. The van der Waals surface area contributed by atoms with Gasteiger partial charge in [-0.05, 0) is 55.5 Å². The fourth-order valence-corrected chi connectivity index (χ4v) is 6.09. The van der Waals surface area contributed by atoms with Crippen molar-refractivity contribution in [3.8, 4) is 28.3 Å². The number of amides is 2. The molecule has 2 aromatic heterocycles. The summed E-state index contributed by atoms with van der Waals surface area (Å²) in [6.07, 6.45) is 4.93. The number of likely N-dealkylation sites (tertiary alicyclic amines) is 1. The molecular weight excluding hydrogens is 568 g/mol. The Morgan fingerprint density at radius 2 is 1.93 bits per heavy atom. The summed E-state index contributed by atoms with van der Waals surface area (Å²) in [5.74, 6) is 0.370. The number of carbonyl (C=O) groups is 2. The molecular formula is C31H33ClN8O3. The van der Waals surface area contributed by atoms with E-state index < -0.39 is 0 Å². The van der Waals surface area contributed by atoms with Gasteiger partial charge in [0.25, 0.3) is 5.91 Å². The molecule has 1 fully saturated rings. The smallest absolute Gasteiger partial charge is 0.251 e. The van der Waals surface area contributed by atoms with E-state index in [9.17, 15) is 9.59 Å². The third kappa shape index (κ3) is 5.91. The van der Waals surface area contributed by atoms with Crippen molar-refractivity contribution in [1.82, 2.24) is 30.0 Å². The zero-order valence-corrected chi connectivity index (χ0v) is 24.8. The number of methoxy groups -OCH3 is 1.